The molecule has 1 saturated carbocycles. The molecule has 8 nitrogen and oxygen atoms in total. The number of nitrogens with zero attached hydrogens (tertiary/aromatic N) is 3. The number of piperidine rings is 1. The van der Waals surface area contributed by atoms with Crippen LogP contribution >= 0.6 is 0 Å². The van der Waals surface area contributed by atoms with Gasteiger partial charge in [0.15, 0.2) is 11.3 Å². The molecule has 3 aromatic heterocycles. The van der Waals surface area contributed by atoms with Gasteiger partial charge >= 0.3 is 0 Å². The maximum absolute atomic E-state index is 13.0. The first-order valence-electron chi connectivity index (χ1n) is 11.4. The standard InChI is InChI=1S/C25H25N5O3/c1-15-28-19-3-2-17(10-20(19)29-15)24(32)30-8-5-25(6-9-30)12-18(25)13-27-23(31)21-11-16-4-7-26-14-22(16)33-21/h2-4,7,10-11,14,18H,5-6,8-9,12-13H2,1H3,(H,27,31)(H,28,29). The van der Waals surface area contributed by atoms with Crippen LogP contribution in [0.4, 0.5) is 0 Å². The first-order chi connectivity index (χ1) is 16.0. The van der Waals surface area contributed by atoms with Crippen molar-refractivity contribution in [2.24, 2.45) is 11.3 Å². The molecule has 4 heterocycles. The van der Waals surface area contributed by atoms with Crippen LogP contribution in [0.3, 0.4) is 0 Å². The highest BCUT2D eigenvalue weighted by Gasteiger charge is 2.54. The molecule has 4 aromatic rings. The second-order valence-electron chi connectivity index (χ2n) is 9.34. The van der Waals surface area contributed by atoms with Crippen molar-refractivity contribution in [2.45, 2.75) is 26.2 Å². The van der Waals surface area contributed by atoms with E-state index in [4.69, 9.17) is 4.42 Å². The summed E-state index contributed by atoms with van der Waals surface area (Å²) in [6.45, 7) is 4.05. The largest absolute Gasteiger partial charge is 0.449 e. The van der Waals surface area contributed by atoms with Crippen LogP contribution in [-0.2, 0) is 0 Å². The number of aryl methyl sites for hydroxylation is 1. The molecule has 0 radical (unpaired) electrons. The summed E-state index contributed by atoms with van der Waals surface area (Å²) in [7, 11) is 0. The normalized spacial score (nSPS) is 19.3. The van der Waals surface area contributed by atoms with Crippen molar-refractivity contribution in [3.63, 3.8) is 0 Å². The Morgan fingerprint density at radius 1 is 1.24 bits per heavy atom. The fraction of sp³-hybridized carbons (Fsp3) is 0.360. The number of pyridine rings is 1. The summed E-state index contributed by atoms with van der Waals surface area (Å²) in [6.07, 6.45) is 6.34. The summed E-state index contributed by atoms with van der Waals surface area (Å²) in [5, 5.41) is 3.90. The number of amides is 2. The number of nitrogens with one attached hydrogen (secondary N) is 2. The predicted molar refractivity (Wildman–Crippen MR) is 123 cm³/mol. The lowest BCUT2D eigenvalue weighted by atomic mass is 9.90. The Labute approximate surface area is 190 Å². The van der Waals surface area contributed by atoms with Gasteiger partial charge in [-0.25, -0.2) is 4.98 Å². The second kappa shape index (κ2) is 7.43. The predicted octanol–water partition coefficient (Wildman–Crippen LogP) is 3.68. The topological polar surface area (TPSA) is 104 Å². The van der Waals surface area contributed by atoms with Gasteiger partial charge in [-0.05, 0) is 67.9 Å². The van der Waals surface area contributed by atoms with Crippen LogP contribution in [0.2, 0.25) is 0 Å². The van der Waals surface area contributed by atoms with Crippen molar-refractivity contribution in [1.82, 2.24) is 25.2 Å². The molecule has 1 spiro atoms. The van der Waals surface area contributed by atoms with Crippen molar-refractivity contribution in [1.29, 1.82) is 0 Å². The fourth-order valence-corrected chi connectivity index (χ4v) is 5.24. The fourth-order valence-electron chi connectivity index (χ4n) is 5.24. The quantitative estimate of drug-likeness (QED) is 0.501. The van der Waals surface area contributed by atoms with Crippen LogP contribution in [0.15, 0.2) is 47.1 Å². The van der Waals surface area contributed by atoms with Gasteiger partial charge in [-0.2, -0.15) is 0 Å². The van der Waals surface area contributed by atoms with Gasteiger partial charge in [-0.1, -0.05) is 0 Å². The van der Waals surface area contributed by atoms with Crippen molar-refractivity contribution in [3.05, 3.63) is 59.9 Å². The SMILES string of the molecule is Cc1nc2ccc(C(=O)N3CCC4(CC3)CC4CNC(=O)c3cc4ccncc4o3)cc2[nH]1. The molecular formula is C25H25N5O3. The van der Waals surface area contributed by atoms with E-state index in [1.807, 2.05) is 36.1 Å². The molecule has 8 heteroatoms. The lowest BCUT2D eigenvalue weighted by molar-refractivity contribution is 0.0669. The number of likely N-dealkylation sites (tertiary alicyclic amines) is 1. The molecular weight excluding hydrogens is 418 g/mol. The third kappa shape index (κ3) is 3.55. The molecule has 168 valence electrons. The highest BCUT2D eigenvalue weighted by Crippen LogP contribution is 2.59. The van der Waals surface area contributed by atoms with E-state index >= 15 is 0 Å². The maximum atomic E-state index is 13.0. The highest BCUT2D eigenvalue weighted by molar-refractivity contribution is 5.97. The zero-order valence-electron chi connectivity index (χ0n) is 18.4. The van der Waals surface area contributed by atoms with E-state index in [9.17, 15) is 9.59 Å². The van der Waals surface area contributed by atoms with E-state index in [1.54, 1.807) is 18.5 Å². The molecule has 1 saturated heterocycles. The van der Waals surface area contributed by atoms with E-state index in [1.165, 1.54) is 0 Å². The summed E-state index contributed by atoms with van der Waals surface area (Å²) in [5.41, 5.74) is 3.33. The van der Waals surface area contributed by atoms with Crippen LogP contribution < -0.4 is 5.32 Å². The minimum absolute atomic E-state index is 0.0730. The summed E-state index contributed by atoms with van der Waals surface area (Å²) in [4.78, 5) is 39.1. The molecule has 0 bridgehead atoms. The first-order valence-corrected chi connectivity index (χ1v) is 11.4. The average molecular weight is 444 g/mol. The Morgan fingerprint density at radius 2 is 2.09 bits per heavy atom. The zero-order valence-corrected chi connectivity index (χ0v) is 18.4. The molecule has 2 amide bonds. The summed E-state index contributed by atoms with van der Waals surface area (Å²) >= 11 is 0. The lowest BCUT2D eigenvalue weighted by Gasteiger charge is -2.33. The number of aromatic nitrogens is 3. The molecule has 2 aliphatic rings. The molecule has 6 rings (SSSR count). The zero-order chi connectivity index (χ0) is 22.6. The number of rotatable bonds is 4. The number of furan rings is 1. The number of fused-ring (bicyclic) bond motifs is 2. The van der Waals surface area contributed by atoms with Gasteiger partial charge in [0.25, 0.3) is 11.8 Å². The first kappa shape index (κ1) is 20.0. The monoisotopic (exact) mass is 443 g/mol. The Balaban J connectivity index is 1.04. The molecule has 1 aliphatic heterocycles. The van der Waals surface area contributed by atoms with E-state index < -0.39 is 0 Å². The number of imidazole rings is 1. The van der Waals surface area contributed by atoms with Gasteiger partial charge in [-0.3, -0.25) is 14.6 Å². The summed E-state index contributed by atoms with van der Waals surface area (Å²) < 4.78 is 5.61. The number of carbonyl (C=O) groups is 2. The number of hydrogen-bond donors (Lipinski definition) is 2. The van der Waals surface area contributed by atoms with E-state index in [0.717, 1.165) is 54.6 Å². The third-order valence-electron chi connectivity index (χ3n) is 7.31. The van der Waals surface area contributed by atoms with Gasteiger partial charge < -0.3 is 19.6 Å². The Bertz CT molecular complexity index is 1350. The highest BCUT2D eigenvalue weighted by atomic mass is 16.3. The Morgan fingerprint density at radius 3 is 2.91 bits per heavy atom. The molecule has 1 atom stereocenters. The van der Waals surface area contributed by atoms with Gasteiger partial charge in [-0.15, -0.1) is 0 Å². The van der Waals surface area contributed by atoms with Crippen molar-refractivity contribution in [3.8, 4) is 0 Å². The second-order valence-corrected chi connectivity index (χ2v) is 9.34. The molecule has 1 unspecified atom stereocenters. The minimum atomic E-state index is -0.190. The van der Waals surface area contributed by atoms with E-state index in [2.05, 4.69) is 20.3 Å². The van der Waals surface area contributed by atoms with Gasteiger partial charge in [0, 0.05) is 36.8 Å². The Kier molecular flexibility index (Phi) is 4.50. The maximum Gasteiger partial charge on any atom is 0.287 e. The van der Waals surface area contributed by atoms with Crippen LogP contribution in [0.5, 0.6) is 0 Å². The number of H-pyrrole nitrogens is 1. The van der Waals surface area contributed by atoms with E-state index in [-0.39, 0.29) is 17.2 Å². The number of benzene rings is 1. The molecule has 33 heavy (non-hydrogen) atoms. The van der Waals surface area contributed by atoms with Gasteiger partial charge in [0.2, 0.25) is 0 Å². The van der Waals surface area contributed by atoms with Crippen LogP contribution in [0.1, 0.15) is 46.0 Å². The van der Waals surface area contributed by atoms with Crippen molar-refractivity contribution >= 4 is 33.8 Å². The molecule has 1 aliphatic carbocycles. The van der Waals surface area contributed by atoms with Crippen molar-refractivity contribution in [2.75, 3.05) is 19.6 Å². The summed E-state index contributed by atoms with van der Waals surface area (Å²) in [6, 6.07) is 9.23. The third-order valence-corrected chi connectivity index (χ3v) is 7.31. The van der Waals surface area contributed by atoms with E-state index in [0.29, 0.717) is 29.4 Å². The molecule has 1 aromatic carbocycles. The smallest absolute Gasteiger partial charge is 0.287 e. The number of hydrogen-bond acceptors (Lipinski definition) is 5. The van der Waals surface area contributed by atoms with Gasteiger partial charge in [0.1, 0.15) is 5.82 Å². The lowest BCUT2D eigenvalue weighted by Crippen LogP contribution is -2.40. The van der Waals surface area contributed by atoms with Gasteiger partial charge in [0.05, 0.1) is 17.2 Å². The average Bonchev–Trinajstić information content (AvgIpc) is 3.15. The van der Waals surface area contributed by atoms with Crippen molar-refractivity contribution < 1.29 is 14.0 Å². The summed E-state index contributed by atoms with van der Waals surface area (Å²) in [5.74, 6) is 1.50. The Hall–Kier alpha value is -3.68. The van der Waals surface area contributed by atoms with Crippen LogP contribution in [-0.4, -0.2) is 51.3 Å². The number of carbonyl (C=O) groups excluding carboxylic acids is 2. The van der Waals surface area contributed by atoms with Crippen LogP contribution in [0.25, 0.3) is 22.0 Å². The van der Waals surface area contributed by atoms with Crippen LogP contribution in [0, 0.1) is 18.3 Å². The molecule has 2 fully saturated rings. The molecule has 2 N–H and O–H groups in total. The minimum Gasteiger partial charge on any atom is -0.449 e. The number of aromatic amines is 1.